The van der Waals surface area contributed by atoms with E-state index in [1.165, 1.54) is 4.31 Å². The molecule has 0 saturated carbocycles. The van der Waals surface area contributed by atoms with Gasteiger partial charge in [-0.2, -0.15) is 8.42 Å². The van der Waals surface area contributed by atoms with Crippen LogP contribution in [0.3, 0.4) is 0 Å². The third kappa shape index (κ3) is 3.42. The minimum absolute atomic E-state index is 0.124. The number of carbonyl (C=O) groups is 1. The van der Waals surface area contributed by atoms with Crippen LogP contribution in [0, 0.1) is 0 Å². The average Bonchev–Trinajstić information content (AvgIpc) is 3.10. The molecule has 0 bridgehead atoms. The van der Waals surface area contributed by atoms with Gasteiger partial charge in [-0.1, -0.05) is 57.2 Å². The molecule has 2 aliphatic heterocycles. The van der Waals surface area contributed by atoms with Crippen molar-refractivity contribution in [3.05, 3.63) is 76.9 Å². The molecule has 2 aliphatic rings. The maximum Gasteiger partial charge on any atom is 0.386 e. The first-order valence-electron chi connectivity index (χ1n) is 9.94. The van der Waals surface area contributed by atoms with Gasteiger partial charge >= 0.3 is 16.3 Å². The Labute approximate surface area is 177 Å². The van der Waals surface area contributed by atoms with Gasteiger partial charge in [0.15, 0.2) is 0 Å². The fraction of sp³-hybridized carbons (Fsp3) is 0.348. The molecule has 158 valence electrons. The second-order valence-corrected chi connectivity index (χ2v) is 9.92. The Hall–Kier alpha value is -2.64. The summed E-state index contributed by atoms with van der Waals surface area (Å²) >= 11 is 0. The Morgan fingerprint density at radius 2 is 1.83 bits per heavy atom. The number of fused-ring (bicyclic) bond motifs is 3. The van der Waals surface area contributed by atoms with Crippen molar-refractivity contribution in [1.29, 1.82) is 0 Å². The lowest BCUT2D eigenvalue weighted by Gasteiger charge is -2.35. The Kier molecular flexibility index (Phi) is 4.98. The highest BCUT2D eigenvalue weighted by atomic mass is 32.2. The second kappa shape index (κ2) is 7.25. The van der Waals surface area contributed by atoms with E-state index >= 15 is 0 Å². The standard InChI is InChI=1S/C23H25NO5S/c1-5-28-22(25)18-14-19-17-13-16(23(2,3)4)11-12-20(17)29-30(26,27)24(19)21(18)15-9-7-6-8-10-15/h6-14,19,21H,5H2,1-4H3. The molecule has 0 saturated heterocycles. The smallest absolute Gasteiger partial charge is 0.386 e. The molecule has 2 atom stereocenters. The van der Waals surface area contributed by atoms with Gasteiger partial charge in [0, 0.05) is 5.56 Å². The molecule has 2 aromatic rings. The lowest BCUT2D eigenvalue weighted by atomic mass is 9.85. The van der Waals surface area contributed by atoms with E-state index in [0.717, 1.165) is 11.1 Å². The van der Waals surface area contributed by atoms with E-state index in [1.54, 1.807) is 31.2 Å². The SMILES string of the molecule is CCOC(=O)C1=CC2c3cc(C(C)(C)C)ccc3OS(=O)(=O)N2C1c1ccccc1. The maximum atomic E-state index is 13.1. The first-order valence-corrected chi connectivity index (χ1v) is 11.3. The van der Waals surface area contributed by atoms with E-state index < -0.39 is 28.4 Å². The minimum atomic E-state index is -4.13. The summed E-state index contributed by atoms with van der Waals surface area (Å²) in [7, 11) is -4.13. The molecule has 7 heteroatoms. The fourth-order valence-corrected chi connectivity index (χ4v) is 5.37. The maximum absolute atomic E-state index is 13.1. The Morgan fingerprint density at radius 1 is 1.13 bits per heavy atom. The third-order valence-electron chi connectivity index (χ3n) is 5.43. The van der Waals surface area contributed by atoms with E-state index in [4.69, 9.17) is 8.92 Å². The predicted octanol–water partition coefficient (Wildman–Crippen LogP) is 4.21. The molecule has 0 aromatic heterocycles. The van der Waals surface area contributed by atoms with Crippen LogP contribution in [0.15, 0.2) is 60.2 Å². The van der Waals surface area contributed by atoms with Crippen LogP contribution < -0.4 is 4.18 Å². The summed E-state index contributed by atoms with van der Waals surface area (Å²) in [6.07, 6.45) is 1.70. The van der Waals surface area contributed by atoms with Crippen LogP contribution in [0.4, 0.5) is 0 Å². The molecule has 6 nitrogen and oxygen atoms in total. The molecule has 2 unspecified atom stereocenters. The minimum Gasteiger partial charge on any atom is -0.463 e. The Balaban J connectivity index is 1.92. The molecule has 0 spiro atoms. The number of hydrogen-bond acceptors (Lipinski definition) is 5. The number of rotatable bonds is 3. The normalized spacial score (nSPS) is 22.5. The number of nitrogens with zero attached hydrogens (tertiary/aromatic N) is 1. The van der Waals surface area contributed by atoms with Crippen molar-refractivity contribution in [1.82, 2.24) is 4.31 Å². The summed E-state index contributed by atoms with van der Waals surface area (Å²) in [6.45, 7) is 8.20. The van der Waals surface area contributed by atoms with E-state index in [9.17, 15) is 13.2 Å². The van der Waals surface area contributed by atoms with Gasteiger partial charge in [0.05, 0.1) is 24.3 Å². The van der Waals surface area contributed by atoms with Crippen LogP contribution in [-0.4, -0.2) is 25.3 Å². The monoisotopic (exact) mass is 427 g/mol. The van der Waals surface area contributed by atoms with Crippen LogP contribution in [-0.2, 0) is 25.3 Å². The molecule has 0 fully saturated rings. The topological polar surface area (TPSA) is 72.9 Å². The molecule has 2 heterocycles. The quantitative estimate of drug-likeness (QED) is 0.686. The van der Waals surface area contributed by atoms with E-state index in [1.807, 2.05) is 30.3 Å². The molecule has 0 N–H and O–H groups in total. The zero-order valence-electron chi connectivity index (χ0n) is 17.5. The largest absolute Gasteiger partial charge is 0.463 e. The Bertz CT molecular complexity index is 1120. The van der Waals surface area contributed by atoms with E-state index in [-0.39, 0.29) is 17.8 Å². The highest BCUT2D eigenvalue weighted by molar-refractivity contribution is 7.84. The van der Waals surface area contributed by atoms with Crippen LogP contribution in [0.2, 0.25) is 0 Å². The van der Waals surface area contributed by atoms with Gasteiger partial charge in [-0.25, -0.2) is 4.79 Å². The highest BCUT2D eigenvalue weighted by Crippen LogP contribution is 2.51. The van der Waals surface area contributed by atoms with Crippen molar-refractivity contribution < 1.29 is 22.1 Å². The van der Waals surface area contributed by atoms with Crippen LogP contribution in [0.5, 0.6) is 5.75 Å². The van der Waals surface area contributed by atoms with Crippen molar-refractivity contribution >= 4 is 16.3 Å². The van der Waals surface area contributed by atoms with Gasteiger partial charge < -0.3 is 8.92 Å². The van der Waals surface area contributed by atoms with Gasteiger partial charge in [-0.05, 0) is 41.7 Å². The zero-order valence-corrected chi connectivity index (χ0v) is 18.3. The fourth-order valence-electron chi connectivity index (χ4n) is 3.96. The highest BCUT2D eigenvalue weighted by Gasteiger charge is 2.51. The predicted molar refractivity (Wildman–Crippen MR) is 113 cm³/mol. The number of benzene rings is 2. The number of hydrogen-bond donors (Lipinski definition) is 0. The molecule has 4 rings (SSSR count). The first kappa shape index (κ1) is 20.6. The Morgan fingerprint density at radius 3 is 2.47 bits per heavy atom. The van der Waals surface area contributed by atoms with Gasteiger partial charge in [-0.3, -0.25) is 0 Å². The number of carbonyl (C=O) groups excluding carboxylic acids is 1. The summed E-state index contributed by atoms with van der Waals surface area (Å²) in [5, 5.41) is 0. The van der Waals surface area contributed by atoms with Crippen LogP contribution in [0.25, 0.3) is 0 Å². The van der Waals surface area contributed by atoms with Crippen molar-refractivity contribution in [2.75, 3.05) is 6.61 Å². The van der Waals surface area contributed by atoms with E-state index in [0.29, 0.717) is 11.1 Å². The molecule has 30 heavy (non-hydrogen) atoms. The average molecular weight is 428 g/mol. The van der Waals surface area contributed by atoms with Crippen molar-refractivity contribution in [3.8, 4) is 5.75 Å². The van der Waals surface area contributed by atoms with Crippen LogP contribution in [0.1, 0.15) is 56.5 Å². The first-order chi connectivity index (χ1) is 14.1. The lowest BCUT2D eigenvalue weighted by Crippen LogP contribution is -2.41. The molecule has 2 aromatic carbocycles. The van der Waals surface area contributed by atoms with E-state index in [2.05, 4.69) is 20.8 Å². The molecule has 0 aliphatic carbocycles. The molecule has 0 amide bonds. The molecular weight excluding hydrogens is 402 g/mol. The molecule has 0 radical (unpaired) electrons. The third-order valence-corrected chi connectivity index (χ3v) is 6.78. The number of ether oxygens (including phenoxy) is 1. The second-order valence-electron chi connectivity index (χ2n) is 8.47. The number of esters is 1. The van der Waals surface area contributed by atoms with Gasteiger partial charge in [-0.15, -0.1) is 4.31 Å². The zero-order chi connectivity index (χ0) is 21.7. The summed E-state index contributed by atoms with van der Waals surface area (Å²) in [4.78, 5) is 12.8. The van der Waals surface area contributed by atoms with Crippen LogP contribution >= 0.6 is 0 Å². The van der Waals surface area contributed by atoms with Crippen molar-refractivity contribution in [2.45, 2.75) is 45.2 Å². The summed E-state index contributed by atoms with van der Waals surface area (Å²) in [5.74, 6) is -0.234. The van der Waals surface area contributed by atoms with Gasteiger partial charge in [0.1, 0.15) is 5.75 Å². The van der Waals surface area contributed by atoms with Gasteiger partial charge in [0.25, 0.3) is 0 Å². The van der Waals surface area contributed by atoms with Gasteiger partial charge in [0.2, 0.25) is 0 Å². The van der Waals surface area contributed by atoms with Crippen molar-refractivity contribution in [2.24, 2.45) is 0 Å². The summed E-state index contributed by atoms with van der Waals surface area (Å²) in [6, 6.07) is 13.2. The van der Waals surface area contributed by atoms with Crippen molar-refractivity contribution in [3.63, 3.8) is 0 Å². The summed E-state index contributed by atoms with van der Waals surface area (Å²) < 4.78 is 38.2. The summed E-state index contributed by atoms with van der Waals surface area (Å²) in [5.41, 5.74) is 2.63. The molecular formula is C23H25NO5S. The lowest BCUT2D eigenvalue weighted by molar-refractivity contribution is -0.138.